The summed E-state index contributed by atoms with van der Waals surface area (Å²) in [5.41, 5.74) is 5.35. The largest absolute Gasteiger partial charge is 0.472 e. The number of rotatable bonds is 34. The topological polar surface area (TPSA) is 131 Å². The lowest BCUT2D eigenvalue weighted by Gasteiger charge is -2.25. The monoisotopic (exact) mass is 695 g/mol. The zero-order valence-corrected chi connectivity index (χ0v) is 31.3. The van der Waals surface area contributed by atoms with E-state index in [-0.39, 0.29) is 32.1 Å². The van der Waals surface area contributed by atoms with E-state index in [1.807, 2.05) is 0 Å². The number of phosphoric acid groups is 1. The minimum absolute atomic E-state index is 0.0769. The third kappa shape index (κ3) is 32.7. The highest BCUT2D eigenvalue weighted by molar-refractivity contribution is 7.47. The Morgan fingerprint density at radius 3 is 1.69 bits per heavy atom. The predicted octanol–water partition coefficient (Wildman–Crippen LogP) is 9.94. The Morgan fingerprint density at radius 2 is 1.19 bits per heavy atom. The number of hydrogen-bond donors (Lipinski definition) is 4. The predicted molar refractivity (Wildman–Crippen MR) is 203 cm³/mol. The lowest BCUT2D eigenvalue weighted by molar-refractivity contribution is -0.123. The normalized spacial score (nSPS) is 15.0. The summed E-state index contributed by atoms with van der Waals surface area (Å²) < 4.78 is 22.1. The van der Waals surface area contributed by atoms with Gasteiger partial charge in [0.1, 0.15) is 0 Å². The summed E-state index contributed by atoms with van der Waals surface area (Å²) in [4.78, 5) is 22.6. The Labute approximate surface area is 294 Å². The van der Waals surface area contributed by atoms with Crippen molar-refractivity contribution in [2.75, 3.05) is 19.8 Å². The second-order valence-corrected chi connectivity index (χ2v) is 13.9. The van der Waals surface area contributed by atoms with Gasteiger partial charge >= 0.3 is 7.82 Å². The van der Waals surface area contributed by atoms with Crippen LogP contribution in [0.15, 0.2) is 60.8 Å². The molecule has 0 bridgehead atoms. The number of allylic oxidation sites excluding steroid dienone is 10. The highest BCUT2D eigenvalue weighted by atomic mass is 31.2. The van der Waals surface area contributed by atoms with Crippen molar-refractivity contribution in [1.29, 1.82) is 0 Å². The number of unbranched alkanes of at least 4 members (excludes halogenated alkanes) is 12. The van der Waals surface area contributed by atoms with Gasteiger partial charge in [0.25, 0.3) is 0 Å². The first-order chi connectivity index (χ1) is 23.4. The van der Waals surface area contributed by atoms with Crippen molar-refractivity contribution in [1.82, 2.24) is 5.32 Å². The van der Waals surface area contributed by atoms with Crippen molar-refractivity contribution in [3.8, 4) is 0 Å². The molecule has 0 aliphatic carbocycles. The number of amides is 1. The summed E-state index contributed by atoms with van der Waals surface area (Å²) in [6, 6.07) is -0.805. The number of aliphatic hydroxyl groups is 1. The smallest absolute Gasteiger partial charge is 0.391 e. The molecule has 0 aliphatic heterocycles. The molecule has 3 atom stereocenters. The van der Waals surface area contributed by atoms with E-state index in [0.717, 1.165) is 57.8 Å². The summed E-state index contributed by atoms with van der Waals surface area (Å²) in [5.74, 6) is -0.222. The molecule has 0 saturated heterocycles. The maximum absolute atomic E-state index is 12.7. The van der Waals surface area contributed by atoms with Crippen molar-refractivity contribution in [3.63, 3.8) is 0 Å². The molecular weight excluding hydrogens is 623 g/mol. The molecule has 0 saturated carbocycles. The minimum Gasteiger partial charge on any atom is -0.391 e. The van der Waals surface area contributed by atoms with Gasteiger partial charge in [0.15, 0.2) is 0 Å². The van der Waals surface area contributed by atoms with Crippen LogP contribution in [0.1, 0.15) is 149 Å². The third-order valence-electron chi connectivity index (χ3n) is 7.89. The molecule has 0 fully saturated rings. The Hall–Kier alpha value is -1.80. The van der Waals surface area contributed by atoms with Gasteiger partial charge in [0.05, 0.1) is 25.4 Å². The van der Waals surface area contributed by atoms with Crippen molar-refractivity contribution in [2.24, 2.45) is 5.73 Å². The summed E-state index contributed by atoms with van der Waals surface area (Å²) in [6.45, 7) is 4.01. The van der Waals surface area contributed by atoms with Crippen molar-refractivity contribution >= 4 is 13.7 Å². The first-order valence-electron chi connectivity index (χ1n) is 18.9. The zero-order chi connectivity index (χ0) is 35.4. The molecule has 9 heteroatoms. The van der Waals surface area contributed by atoms with Gasteiger partial charge in [0.2, 0.25) is 5.91 Å². The molecule has 0 heterocycles. The number of carbonyl (C=O) groups is 1. The second kappa shape index (κ2) is 35.0. The Bertz CT molecular complexity index is 933. The molecule has 1 amide bonds. The maximum Gasteiger partial charge on any atom is 0.472 e. The van der Waals surface area contributed by atoms with Crippen molar-refractivity contribution in [3.05, 3.63) is 60.8 Å². The molecular formula is C39H71N2O6P. The molecule has 8 nitrogen and oxygen atoms in total. The van der Waals surface area contributed by atoms with Crippen molar-refractivity contribution in [2.45, 2.75) is 161 Å². The number of aliphatic hydroxyl groups excluding tert-OH is 1. The van der Waals surface area contributed by atoms with Gasteiger partial charge in [0, 0.05) is 13.0 Å². The maximum atomic E-state index is 12.7. The Morgan fingerprint density at radius 1 is 0.708 bits per heavy atom. The average Bonchev–Trinajstić information content (AvgIpc) is 3.07. The van der Waals surface area contributed by atoms with Gasteiger partial charge in [-0.2, -0.15) is 0 Å². The van der Waals surface area contributed by atoms with Crippen LogP contribution >= 0.6 is 7.82 Å². The van der Waals surface area contributed by atoms with Crippen LogP contribution in [0, 0.1) is 0 Å². The molecule has 0 radical (unpaired) electrons. The molecule has 3 unspecified atom stereocenters. The van der Waals surface area contributed by atoms with Crippen LogP contribution in [0.3, 0.4) is 0 Å². The highest BCUT2D eigenvalue weighted by Crippen LogP contribution is 2.43. The van der Waals surface area contributed by atoms with E-state index >= 15 is 0 Å². The summed E-state index contributed by atoms with van der Waals surface area (Å²) in [7, 11) is -4.33. The van der Waals surface area contributed by atoms with Gasteiger partial charge in [-0.3, -0.25) is 13.8 Å². The van der Waals surface area contributed by atoms with Crippen LogP contribution in [0.25, 0.3) is 0 Å². The first-order valence-corrected chi connectivity index (χ1v) is 20.4. The number of nitrogens with one attached hydrogen (secondary N) is 1. The number of phosphoric ester groups is 1. The second-order valence-electron chi connectivity index (χ2n) is 12.4. The average molecular weight is 695 g/mol. The summed E-state index contributed by atoms with van der Waals surface area (Å²) in [5, 5.41) is 13.7. The summed E-state index contributed by atoms with van der Waals surface area (Å²) in [6.07, 6.45) is 42.3. The van der Waals surface area contributed by atoms with Gasteiger partial charge in [-0.15, -0.1) is 0 Å². The van der Waals surface area contributed by atoms with Gasteiger partial charge in [-0.25, -0.2) is 4.57 Å². The molecule has 0 rings (SSSR count). The quantitative estimate of drug-likeness (QED) is 0.0300. The summed E-state index contributed by atoms with van der Waals surface area (Å²) >= 11 is 0. The van der Waals surface area contributed by atoms with Crippen LogP contribution in [0.2, 0.25) is 0 Å². The molecule has 0 aromatic rings. The van der Waals surface area contributed by atoms with Crippen LogP contribution in [-0.4, -0.2) is 47.8 Å². The van der Waals surface area contributed by atoms with Crippen LogP contribution in [-0.2, 0) is 18.4 Å². The molecule has 5 N–H and O–H groups in total. The SMILES string of the molecule is CC/C=C\C/C=C\C/C=C\C/C=C\C/C=C\CCCC(=O)NC(COP(=O)(O)OCCN)C(O)CCCCCCCCCCCCCC. The molecule has 0 aromatic carbocycles. The number of hydrogen-bond acceptors (Lipinski definition) is 6. The standard InChI is InChI=1S/C39H71N2O6P/c1-3-5-7-9-11-13-15-17-18-19-20-21-23-25-27-29-31-33-39(43)41-37(36-47-48(44,45)46-35-34-40)38(42)32-30-28-26-24-22-16-14-12-10-8-6-4-2/h5,7,11,13,17-18,20-21,25,27,37-38,42H,3-4,6,8-10,12,14-16,19,22-24,26,28-36,40H2,1-2H3,(H,41,43)(H,44,45)/b7-5-,13-11-,18-17-,21-20-,27-25-. The molecule has 0 aliphatic rings. The lowest BCUT2D eigenvalue weighted by atomic mass is 10.0. The van der Waals surface area contributed by atoms with Gasteiger partial charge < -0.3 is 21.1 Å². The van der Waals surface area contributed by atoms with E-state index in [1.54, 1.807) is 0 Å². The van der Waals surface area contributed by atoms with E-state index in [4.69, 9.17) is 14.8 Å². The van der Waals surface area contributed by atoms with E-state index in [0.29, 0.717) is 12.8 Å². The number of nitrogens with two attached hydrogens (primary N) is 1. The van der Waals surface area contributed by atoms with E-state index in [1.165, 1.54) is 57.8 Å². The van der Waals surface area contributed by atoms with Crippen LogP contribution in [0.5, 0.6) is 0 Å². The molecule has 48 heavy (non-hydrogen) atoms. The van der Waals surface area contributed by atoms with Crippen LogP contribution in [0.4, 0.5) is 0 Å². The van der Waals surface area contributed by atoms with Crippen molar-refractivity contribution < 1.29 is 28.4 Å². The fourth-order valence-electron chi connectivity index (χ4n) is 5.05. The molecule has 0 aromatic heterocycles. The lowest BCUT2D eigenvalue weighted by Crippen LogP contribution is -2.46. The molecule has 278 valence electrons. The Kier molecular flexibility index (Phi) is 33.7. The zero-order valence-electron chi connectivity index (χ0n) is 30.5. The first kappa shape index (κ1) is 46.2. The third-order valence-corrected chi connectivity index (χ3v) is 8.87. The van der Waals surface area contributed by atoms with E-state index in [9.17, 15) is 19.4 Å². The van der Waals surface area contributed by atoms with Crippen LogP contribution < -0.4 is 11.1 Å². The minimum atomic E-state index is -4.33. The fourth-order valence-corrected chi connectivity index (χ4v) is 5.81. The molecule has 0 spiro atoms. The van der Waals surface area contributed by atoms with Gasteiger partial charge in [-0.1, -0.05) is 152 Å². The van der Waals surface area contributed by atoms with E-state index in [2.05, 4.69) is 79.9 Å². The van der Waals surface area contributed by atoms with Gasteiger partial charge in [-0.05, 0) is 51.4 Å². The number of carbonyl (C=O) groups excluding carboxylic acids is 1. The Balaban J connectivity index is 4.38. The fraction of sp³-hybridized carbons (Fsp3) is 0.718. The van der Waals surface area contributed by atoms with E-state index < -0.39 is 20.0 Å². The highest BCUT2D eigenvalue weighted by Gasteiger charge is 2.27.